The van der Waals surface area contributed by atoms with Gasteiger partial charge < -0.3 is 10.4 Å². The van der Waals surface area contributed by atoms with Crippen LogP contribution in [0.1, 0.15) is 32.1 Å². The Morgan fingerprint density at radius 3 is 2.94 bits per heavy atom. The molecule has 0 bridgehead atoms. The fraction of sp³-hybridized carbons (Fsp3) is 0.700. The molecule has 0 atom stereocenters. The van der Waals surface area contributed by atoms with E-state index in [4.69, 9.17) is 5.11 Å². The van der Waals surface area contributed by atoms with Crippen LogP contribution in [0.5, 0.6) is 0 Å². The minimum Gasteiger partial charge on any atom is -0.481 e. The van der Waals surface area contributed by atoms with Crippen LogP contribution >= 0.6 is 23.1 Å². The van der Waals surface area contributed by atoms with E-state index >= 15 is 0 Å². The lowest BCUT2D eigenvalue weighted by molar-refractivity contribution is -0.136. The average molecular weight is 273 g/mol. The van der Waals surface area contributed by atoms with Crippen molar-refractivity contribution in [3.05, 3.63) is 0 Å². The molecule has 1 heterocycles. The van der Waals surface area contributed by atoms with Crippen LogP contribution in [0.4, 0.5) is 5.13 Å². The fourth-order valence-corrected chi connectivity index (χ4v) is 3.62. The number of aliphatic carboxylic acids is 1. The van der Waals surface area contributed by atoms with Crippen LogP contribution in [-0.4, -0.2) is 33.1 Å². The van der Waals surface area contributed by atoms with E-state index < -0.39 is 5.97 Å². The zero-order valence-corrected chi connectivity index (χ0v) is 11.0. The highest BCUT2D eigenvalue weighted by Gasteiger charge is 2.16. The molecule has 1 saturated carbocycles. The molecule has 5 nitrogen and oxygen atoms in total. The van der Waals surface area contributed by atoms with Gasteiger partial charge in [0.05, 0.1) is 6.42 Å². The van der Waals surface area contributed by atoms with Crippen molar-refractivity contribution in [3.63, 3.8) is 0 Å². The number of rotatable bonds is 6. The van der Waals surface area contributed by atoms with E-state index in [1.54, 1.807) is 0 Å². The van der Waals surface area contributed by atoms with Crippen molar-refractivity contribution in [2.45, 2.75) is 42.5 Å². The molecule has 17 heavy (non-hydrogen) atoms. The van der Waals surface area contributed by atoms with Gasteiger partial charge in [0.2, 0.25) is 5.13 Å². The monoisotopic (exact) mass is 273 g/mol. The fourth-order valence-electron chi connectivity index (χ4n) is 1.80. The van der Waals surface area contributed by atoms with Gasteiger partial charge in [0.25, 0.3) is 0 Å². The molecule has 0 unspecified atom stereocenters. The van der Waals surface area contributed by atoms with Crippen molar-refractivity contribution in [2.24, 2.45) is 0 Å². The zero-order chi connectivity index (χ0) is 12.1. The summed E-state index contributed by atoms with van der Waals surface area (Å²) in [4.78, 5) is 10.4. The van der Waals surface area contributed by atoms with Gasteiger partial charge in [-0.15, -0.1) is 10.2 Å². The van der Waals surface area contributed by atoms with Crippen LogP contribution in [0.25, 0.3) is 0 Å². The Morgan fingerprint density at radius 1 is 1.47 bits per heavy atom. The van der Waals surface area contributed by atoms with Gasteiger partial charge in [-0.05, 0) is 12.8 Å². The maximum Gasteiger partial charge on any atom is 0.304 e. The third-order valence-electron chi connectivity index (χ3n) is 2.63. The highest BCUT2D eigenvalue weighted by atomic mass is 32.2. The van der Waals surface area contributed by atoms with Crippen LogP contribution in [0.15, 0.2) is 4.34 Å². The maximum absolute atomic E-state index is 10.4. The number of thioether (sulfide) groups is 1. The van der Waals surface area contributed by atoms with Gasteiger partial charge in [-0.1, -0.05) is 35.9 Å². The Labute approximate surface area is 108 Å². The number of carboxylic acid groups (broad SMARTS) is 1. The molecule has 0 radical (unpaired) electrons. The Kier molecular flexibility index (Phi) is 4.61. The third kappa shape index (κ3) is 4.16. The van der Waals surface area contributed by atoms with E-state index in [0.717, 1.165) is 9.47 Å². The third-order valence-corrected chi connectivity index (χ3v) is 4.62. The molecule has 1 aliphatic rings. The van der Waals surface area contributed by atoms with Crippen LogP contribution in [-0.2, 0) is 4.79 Å². The van der Waals surface area contributed by atoms with Crippen LogP contribution in [0, 0.1) is 0 Å². The van der Waals surface area contributed by atoms with Gasteiger partial charge >= 0.3 is 5.97 Å². The van der Waals surface area contributed by atoms with Crippen LogP contribution in [0.3, 0.4) is 0 Å². The number of anilines is 1. The minimum absolute atomic E-state index is 0.162. The number of nitrogens with one attached hydrogen (secondary N) is 1. The molecule has 0 spiro atoms. The largest absolute Gasteiger partial charge is 0.481 e. The molecule has 1 aliphatic carbocycles. The van der Waals surface area contributed by atoms with Crippen molar-refractivity contribution in [2.75, 3.05) is 11.1 Å². The molecule has 1 fully saturated rings. The first-order chi connectivity index (χ1) is 8.24. The first-order valence-electron chi connectivity index (χ1n) is 5.68. The lowest BCUT2D eigenvalue weighted by Gasteiger charge is -2.08. The lowest BCUT2D eigenvalue weighted by atomic mass is 10.3. The Balaban J connectivity index is 1.76. The smallest absolute Gasteiger partial charge is 0.304 e. The molecule has 2 rings (SSSR count). The van der Waals surface area contributed by atoms with Crippen molar-refractivity contribution in [3.8, 4) is 0 Å². The van der Waals surface area contributed by atoms with Gasteiger partial charge in [-0.2, -0.15) is 0 Å². The molecule has 1 aromatic heterocycles. The topological polar surface area (TPSA) is 75.1 Å². The summed E-state index contributed by atoms with van der Waals surface area (Å²) in [6, 6.07) is 0.541. The number of nitrogens with zero attached hydrogens (tertiary/aromatic N) is 2. The van der Waals surface area contributed by atoms with Gasteiger partial charge in [-0.25, -0.2) is 0 Å². The van der Waals surface area contributed by atoms with Gasteiger partial charge in [0.15, 0.2) is 4.34 Å². The summed E-state index contributed by atoms with van der Waals surface area (Å²) in [6.45, 7) is 0. The summed E-state index contributed by atoms with van der Waals surface area (Å²) in [5, 5.41) is 20.9. The number of carbonyl (C=O) groups is 1. The van der Waals surface area contributed by atoms with Gasteiger partial charge in [-0.3, -0.25) is 4.79 Å². The van der Waals surface area contributed by atoms with Crippen LogP contribution in [0.2, 0.25) is 0 Å². The van der Waals surface area contributed by atoms with Gasteiger partial charge in [0.1, 0.15) is 0 Å². The number of aromatic nitrogens is 2. The lowest BCUT2D eigenvalue weighted by Crippen LogP contribution is -2.13. The minimum atomic E-state index is -0.772. The first kappa shape index (κ1) is 12.6. The highest BCUT2D eigenvalue weighted by molar-refractivity contribution is 8.01. The molecule has 0 amide bonds. The summed E-state index contributed by atoms with van der Waals surface area (Å²) in [5.74, 6) is -0.223. The normalized spacial score (nSPS) is 16.2. The molecule has 1 aromatic rings. The second-order valence-electron chi connectivity index (χ2n) is 3.99. The van der Waals surface area contributed by atoms with E-state index in [2.05, 4.69) is 15.5 Å². The maximum atomic E-state index is 10.4. The molecule has 94 valence electrons. The SMILES string of the molecule is O=C(O)CCSc1nnc(NC2CCCC2)s1. The zero-order valence-electron chi connectivity index (χ0n) is 9.39. The summed E-state index contributed by atoms with van der Waals surface area (Å²) in [7, 11) is 0. The van der Waals surface area contributed by atoms with E-state index in [1.807, 2.05) is 0 Å². The van der Waals surface area contributed by atoms with E-state index in [0.29, 0.717) is 11.8 Å². The average Bonchev–Trinajstić information content (AvgIpc) is 2.90. The molecule has 2 N–H and O–H groups in total. The van der Waals surface area contributed by atoms with Crippen molar-refractivity contribution in [1.82, 2.24) is 10.2 Å². The van der Waals surface area contributed by atoms with E-state index in [9.17, 15) is 4.79 Å². The van der Waals surface area contributed by atoms with Crippen molar-refractivity contribution < 1.29 is 9.90 Å². The second kappa shape index (κ2) is 6.20. The predicted octanol–water partition coefficient (Wildman–Crippen LogP) is 2.46. The van der Waals surface area contributed by atoms with E-state index in [-0.39, 0.29) is 6.42 Å². The molecular formula is C10H15N3O2S2. The standard InChI is InChI=1S/C10H15N3O2S2/c14-8(15)5-6-16-10-13-12-9(17-10)11-7-3-1-2-4-7/h7H,1-6H2,(H,11,12)(H,14,15). The summed E-state index contributed by atoms with van der Waals surface area (Å²) < 4.78 is 0.840. The summed E-state index contributed by atoms with van der Waals surface area (Å²) >= 11 is 2.96. The number of carboxylic acids is 1. The van der Waals surface area contributed by atoms with Crippen LogP contribution < -0.4 is 5.32 Å². The molecule has 0 saturated heterocycles. The van der Waals surface area contributed by atoms with Gasteiger partial charge in [0, 0.05) is 11.8 Å². The molecule has 7 heteroatoms. The predicted molar refractivity (Wildman–Crippen MR) is 68.8 cm³/mol. The Hall–Kier alpha value is -0.820. The molecule has 0 aromatic carbocycles. The number of hydrogen-bond acceptors (Lipinski definition) is 6. The second-order valence-corrected chi connectivity index (χ2v) is 6.31. The Bertz CT molecular complexity index is 377. The first-order valence-corrected chi connectivity index (χ1v) is 7.49. The highest BCUT2D eigenvalue weighted by Crippen LogP contribution is 2.28. The summed E-state index contributed by atoms with van der Waals surface area (Å²) in [6.07, 6.45) is 5.16. The molecule has 0 aliphatic heterocycles. The number of hydrogen-bond donors (Lipinski definition) is 2. The van der Waals surface area contributed by atoms with Crippen molar-refractivity contribution >= 4 is 34.2 Å². The van der Waals surface area contributed by atoms with Crippen molar-refractivity contribution in [1.29, 1.82) is 0 Å². The van der Waals surface area contributed by atoms with E-state index in [1.165, 1.54) is 48.8 Å². The quantitative estimate of drug-likeness (QED) is 0.775. The molecular weight excluding hydrogens is 258 g/mol. The Morgan fingerprint density at radius 2 is 2.24 bits per heavy atom. The summed E-state index contributed by atoms with van der Waals surface area (Å²) in [5.41, 5.74) is 0.